The molecule has 12 rings (SSSR count). The third-order valence-electron chi connectivity index (χ3n) is 11.0. The summed E-state index contributed by atoms with van der Waals surface area (Å²) in [6.45, 7) is 0. The van der Waals surface area contributed by atoms with E-state index in [1.54, 1.807) is 0 Å². The number of benzene rings is 8. The Hall–Kier alpha value is -7.04. The highest BCUT2D eigenvalue weighted by atomic mass is 15.1. The number of para-hydroxylation sites is 2. The first-order valence-electron chi connectivity index (χ1n) is 17.8. The lowest BCUT2D eigenvalue weighted by atomic mass is 10.0. The number of nitrogens with zero attached hydrogens (tertiary/aromatic N) is 4. The van der Waals surface area contributed by atoms with Gasteiger partial charge >= 0.3 is 0 Å². The van der Waals surface area contributed by atoms with Crippen molar-refractivity contribution in [3.63, 3.8) is 0 Å². The van der Waals surface area contributed by atoms with Gasteiger partial charge in [-0.05, 0) is 69.8 Å². The smallest absolute Gasteiger partial charge is 0.165 e. The van der Waals surface area contributed by atoms with Crippen LogP contribution in [0.2, 0.25) is 0 Å². The molecule has 240 valence electrons. The number of hydrogen-bond donors (Lipinski definition) is 0. The first kappa shape index (κ1) is 27.7. The molecule has 0 aliphatic heterocycles. The van der Waals surface area contributed by atoms with Crippen molar-refractivity contribution >= 4 is 81.7 Å². The molecule has 0 spiro atoms. The normalized spacial score (nSPS) is 12.2. The minimum atomic E-state index is 0.824. The Morgan fingerprint density at radius 2 is 0.962 bits per heavy atom. The predicted molar refractivity (Wildman–Crippen MR) is 217 cm³/mol. The minimum Gasteiger partial charge on any atom is -0.308 e. The van der Waals surface area contributed by atoms with Crippen LogP contribution in [0.15, 0.2) is 170 Å². The average Bonchev–Trinajstić information content (AvgIpc) is 3.69. The zero-order chi connectivity index (χ0) is 33.9. The lowest BCUT2D eigenvalue weighted by Gasteiger charge is -2.15. The topological polar surface area (TPSA) is 35.1 Å². The van der Waals surface area contributed by atoms with Crippen LogP contribution in [0.1, 0.15) is 0 Å². The Bertz CT molecular complexity index is 3390. The summed E-state index contributed by atoms with van der Waals surface area (Å²) in [4.78, 5) is 11.0. The quantitative estimate of drug-likeness (QED) is 0.177. The van der Waals surface area contributed by atoms with Crippen LogP contribution in [-0.4, -0.2) is 18.9 Å². The Morgan fingerprint density at radius 3 is 1.81 bits per heavy atom. The second-order valence-corrected chi connectivity index (χ2v) is 13.8. The molecule has 0 amide bonds. The molecule has 4 aromatic heterocycles. The predicted octanol–water partition coefficient (Wildman–Crippen LogP) is 12.4. The van der Waals surface area contributed by atoms with Gasteiger partial charge in [0.2, 0.25) is 0 Å². The summed E-state index contributed by atoms with van der Waals surface area (Å²) in [6.07, 6.45) is 0. The molecule has 4 heterocycles. The van der Waals surface area contributed by atoms with E-state index in [-0.39, 0.29) is 0 Å². The summed E-state index contributed by atoms with van der Waals surface area (Å²) in [5, 5.41) is 9.76. The van der Waals surface area contributed by atoms with Crippen molar-refractivity contribution in [1.29, 1.82) is 0 Å². The van der Waals surface area contributed by atoms with Crippen molar-refractivity contribution in [2.45, 2.75) is 0 Å². The van der Waals surface area contributed by atoms with Crippen LogP contribution in [0.25, 0.3) is 110 Å². The van der Waals surface area contributed by atoms with Gasteiger partial charge in [-0.25, -0.2) is 9.97 Å². The largest absolute Gasteiger partial charge is 0.308 e. The molecule has 4 nitrogen and oxygen atoms in total. The third-order valence-corrected chi connectivity index (χ3v) is 11.0. The van der Waals surface area contributed by atoms with E-state index in [0.29, 0.717) is 0 Å². The van der Waals surface area contributed by atoms with E-state index in [1.165, 1.54) is 60.0 Å². The van der Waals surface area contributed by atoms with Crippen LogP contribution in [0, 0.1) is 0 Å². The third kappa shape index (κ3) is 3.70. The van der Waals surface area contributed by atoms with E-state index < -0.39 is 0 Å². The zero-order valence-corrected chi connectivity index (χ0v) is 28.0. The second-order valence-electron chi connectivity index (χ2n) is 13.8. The monoisotopic (exact) mass is 660 g/mol. The fraction of sp³-hybridized carbons (Fsp3) is 0. The molecule has 12 aromatic rings. The van der Waals surface area contributed by atoms with Gasteiger partial charge in [-0.15, -0.1) is 0 Å². The van der Waals surface area contributed by atoms with Crippen molar-refractivity contribution in [2.75, 3.05) is 0 Å². The molecule has 0 unspecified atom stereocenters. The summed E-state index contributed by atoms with van der Waals surface area (Å²) in [5.41, 5.74) is 11.9. The average molecular weight is 661 g/mol. The molecule has 0 saturated carbocycles. The van der Waals surface area contributed by atoms with Crippen molar-refractivity contribution < 1.29 is 0 Å². The van der Waals surface area contributed by atoms with E-state index in [9.17, 15) is 0 Å². The van der Waals surface area contributed by atoms with Crippen LogP contribution >= 0.6 is 0 Å². The maximum absolute atomic E-state index is 5.54. The van der Waals surface area contributed by atoms with Gasteiger partial charge in [-0.3, -0.25) is 4.57 Å². The summed E-state index contributed by atoms with van der Waals surface area (Å²) in [7, 11) is 0. The summed E-state index contributed by atoms with van der Waals surface area (Å²) >= 11 is 0. The molecule has 0 saturated heterocycles. The fourth-order valence-corrected chi connectivity index (χ4v) is 8.76. The van der Waals surface area contributed by atoms with Gasteiger partial charge in [0.1, 0.15) is 5.69 Å². The molecular weight excluding hydrogens is 633 g/mol. The van der Waals surface area contributed by atoms with E-state index >= 15 is 0 Å². The van der Waals surface area contributed by atoms with Gasteiger partial charge in [-0.1, -0.05) is 127 Å². The summed E-state index contributed by atoms with van der Waals surface area (Å²) in [5.74, 6) is 0.824. The zero-order valence-electron chi connectivity index (χ0n) is 28.0. The van der Waals surface area contributed by atoms with E-state index in [1.807, 2.05) is 0 Å². The van der Waals surface area contributed by atoms with E-state index in [4.69, 9.17) is 9.97 Å². The lowest BCUT2D eigenvalue weighted by Crippen LogP contribution is -2.04. The molecule has 0 radical (unpaired) electrons. The number of hydrogen-bond acceptors (Lipinski definition) is 2. The maximum atomic E-state index is 5.54. The molecule has 0 bridgehead atoms. The lowest BCUT2D eigenvalue weighted by molar-refractivity contribution is 1.08. The van der Waals surface area contributed by atoms with Crippen LogP contribution in [-0.2, 0) is 0 Å². The molecule has 4 heteroatoms. The molecule has 0 aliphatic carbocycles. The Morgan fingerprint density at radius 1 is 0.365 bits per heavy atom. The second kappa shape index (κ2) is 10.3. The van der Waals surface area contributed by atoms with Crippen molar-refractivity contribution in [2.24, 2.45) is 0 Å². The van der Waals surface area contributed by atoms with Gasteiger partial charge < -0.3 is 4.40 Å². The minimum absolute atomic E-state index is 0.824. The number of rotatable bonds is 3. The van der Waals surface area contributed by atoms with Crippen LogP contribution in [0.4, 0.5) is 0 Å². The standard InChI is InChI=1S/C48H28N4/c1-3-12-29(13-4-1)31-24-25-32-27-39-38(28-33(32)26-31)49-46(30-14-5-2-6-15-30)48(50-39)52-41-21-10-17-35-37-19-9-18-36-34-16-7-8-20-40(34)51(47(36)37)42-22-11-23-43(52)45(42)44(35)41/h1-28H. The van der Waals surface area contributed by atoms with Gasteiger partial charge in [0.15, 0.2) is 5.82 Å². The van der Waals surface area contributed by atoms with Gasteiger partial charge in [-0.2, -0.15) is 0 Å². The van der Waals surface area contributed by atoms with Crippen LogP contribution in [0.5, 0.6) is 0 Å². The maximum Gasteiger partial charge on any atom is 0.165 e. The van der Waals surface area contributed by atoms with Crippen LogP contribution < -0.4 is 0 Å². The molecule has 0 N–H and O–H groups in total. The van der Waals surface area contributed by atoms with Crippen LogP contribution in [0.3, 0.4) is 0 Å². The van der Waals surface area contributed by atoms with E-state index in [2.05, 4.69) is 179 Å². The van der Waals surface area contributed by atoms with Crippen molar-refractivity contribution in [3.05, 3.63) is 170 Å². The highest BCUT2D eigenvalue weighted by Crippen LogP contribution is 2.45. The van der Waals surface area contributed by atoms with E-state index in [0.717, 1.165) is 49.9 Å². The molecular formula is C48H28N4. The van der Waals surface area contributed by atoms with Gasteiger partial charge in [0, 0.05) is 32.5 Å². The fourth-order valence-electron chi connectivity index (χ4n) is 8.76. The first-order valence-corrected chi connectivity index (χ1v) is 17.8. The molecule has 52 heavy (non-hydrogen) atoms. The Labute approximate surface area is 297 Å². The Kier molecular flexibility index (Phi) is 5.47. The molecule has 8 aromatic carbocycles. The highest BCUT2D eigenvalue weighted by Gasteiger charge is 2.24. The molecule has 0 fully saturated rings. The van der Waals surface area contributed by atoms with Gasteiger partial charge in [0.25, 0.3) is 0 Å². The van der Waals surface area contributed by atoms with Gasteiger partial charge in [0.05, 0.1) is 38.6 Å². The SMILES string of the molecule is c1ccc(-c2ccc3cc4nc(-n5c6cccc7c8cccc9c%10ccccc%10n(c%10cccc5c%10c76)c89)c(-c5ccccc5)nc4cc3c2)cc1. The Balaban J connectivity index is 1.22. The molecule has 0 atom stereocenters. The number of aromatic nitrogens is 4. The first-order chi connectivity index (χ1) is 25.8. The number of fused-ring (bicyclic) bond motifs is 7. The molecule has 0 aliphatic rings. The van der Waals surface area contributed by atoms with Crippen molar-refractivity contribution in [3.8, 4) is 28.2 Å². The summed E-state index contributed by atoms with van der Waals surface area (Å²) in [6, 6.07) is 61.0. The van der Waals surface area contributed by atoms with Crippen molar-refractivity contribution in [1.82, 2.24) is 18.9 Å². The highest BCUT2D eigenvalue weighted by molar-refractivity contribution is 6.31. The summed E-state index contributed by atoms with van der Waals surface area (Å²) < 4.78 is 4.83.